The van der Waals surface area contributed by atoms with Gasteiger partial charge in [0.15, 0.2) is 0 Å². The smallest absolute Gasteiger partial charge is 0.270 e. The average Bonchev–Trinajstić information content (AvgIpc) is 3.11. The summed E-state index contributed by atoms with van der Waals surface area (Å²) in [6.45, 7) is 1.11. The molecule has 1 amide bonds. The predicted octanol–water partition coefficient (Wildman–Crippen LogP) is -0.0321. The van der Waals surface area contributed by atoms with E-state index in [4.69, 9.17) is 0 Å². The van der Waals surface area contributed by atoms with Gasteiger partial charge in [0.1, 0.15) is 5.69 Å². The molecule has 1 atom stereocenters. The third-order valence-electron chi connectivity index (χ3n) is 3.95. The Morgan fingerprint density at radius 3 is 2.91 bits per heavy atom. The highest BCUT2D eigenvalue weighted by Gasteiger charge is 2.29. The number of carbonyl (C=O) groups excluding carboxylic acids is 1. The van der Waals surface area contributed by atoms with Gasteiger partial charge in [-0.05, 0) is 12.1 Å². The minimum atomic E-state index is -3.29. The topological polar surface area (TPSA) is 89.2 Å². The summed E-state index contributed by atoms with van der Waals surface area (Å²) >= 11 is 0. The Balaban J connectivity index is 1.83. The third-order valence-corrected chi connectivity index (χ3v) is 4.65. The molecule has 0 fully saturated rings. The third kappa shape index (κ3) is 3.30. The number of aryl methyl sites for hydroxylation is 1. The molecule has 1 N–H and O–H groups in total. The van der Waals surface area contributed by atoms with Gasteiger partial charge in [-0.1, -0.05) is 0 Å². The van der Waals surface area contributed by atoms with E-state index in [1.807, 2.05) is 23.9 Å². The van der Waals surface area contributed by atoms with Crippen LogP contribution in [0.4, 0.5) is 0 Å². The van der Waals surface area contributed by atoms with E-state index in [-0.39, 0.29) is 18.5 Å². The molecular weight excluding hydrogens is 318 g/mol. The molecule has 0 aromatic carbocycles. The quantitative estimate of drug-likeness (QED) is 0.848. The molecule has 3 rings (SSSR count). The lowest BCUT2D eigenvalue weighted by Crippen LogP contribution is -2.44. The molecule has 1 aliphatic rings. The van der Waals surface area contributed by atoms with Crippen LogP contribution in [0.1, 0.15) is 22.2 Å². The number of nitrogens with zero attached hydrogens (tertiary/aromatic N) is 4. The summed E-state index contributed by atoms with van der Waals surface area (Å²) in [5, 5.41) is 0. The first kappa shape index (κ1) is 15.8. The Morgan fingerprint density at radius 1 is 1.48 bits per heavy atom. The molecule has 1 aliphatic heterocycles. The second-order valence-corrected chi connectivity index (χ2v) is 7.59. The first-order valence-corrected chi connectivity index (χ1v) is 9.10. The molecule has 0 unspecified atom stereocenters. The van der Waals surface area contributed by atoms with Crippen molar-refractivity contribution in [2.45, 2.75) is 12.6 Å². The number of sulfonamides is 1. The highest BCUT2D eigenvalue weighted by Crippen LogP contribution is 2.22. The fourth-order valence-corrected chi connectivity index (χ4v) is 3.29. The van der Waals surface area contributed by atoms with Crippen molar-refractivity contribution >= 4 is 15.9 Å². The Morgan fingerprint density at radius 2 is 2.26 bits per heavy atom. The summed E-state index contributed by atoms with van der Waals surface area (Å²) < 4.78 is 28.9. The van der Waals surface area contributed by atoms with Crippen molar-refractivity contribution < 1.29 is 13.2 Å². The van der Waals surface area contributed by atoms with Crippen molar-refractivity contribution in [2.75, 3.05) is 19.3 Å². The zero-order valence-corrected chi connectivity index (χ0v) is 13.8. The second-order valence-electron chi connectivity index (χ2n) is 5.76. The fourth-order valence-electron chi connectivity index (χ4n) is 2.80. The second kappa shape index (κ2) is 5.82. The van der Waals surface area contributed by atoms with Crippen molar-refractivity contribution in [2.24, 2.45) is 7.05 Å². The van der Waals surface area contributed by atoms with Gasteiger partial charge >= 0.3 is 0 Å². The lowest BCUT2D eigenvalue weighted by molar-refractivity contribution is 0.0671. The minimum absolute atomic E-state index is 0.0747. The number of hydrogen-bond donors (Lipinski definition) is 1. The van der Waals surface area contributed by atoms with Crippen LogP contribution < -0.4 is 4.72 Å². The molecule has 0 bridgehead atoms. The van der Waals surface area contributed by atoms with Gasteiger partial charge in [-0.2, -0.15) is 0 Å². The van der Waals surface area contributed by atoms with Gasteiger partial charge in [0.2, 0.25) is 10.0 Å². The number of imidazole rings is 1. The lowest BCUT2D eigenvalue weighted by atomic mass is 10.1. The van der Waals surface area contributed by atoms with Crippen molar-refractivity contribution in [3.63, 3.8) is 0 Å². The highest BCUT2D eigenvalue weighted by molar-refractivity contribution is 7.88. The summed E-state index contributed by atoms with van der Waals surface area (Å²) in [4.78, 5) is 18.5. The van der Waals surface area contributed by atoms with E-state index < -0.39 is 10.0 Å². The summed E-state index contributed by atoms with van der Waals surface area (Å²) in [5.74, 6) is -0.0747. The number of hydrogen-bond acceptors (Lipinski definition) is 4. The first-order chi connectivity index (χ1) is 10.8. The average molecular weight is 337 g/mol. The van der Waals surface area contributed by atoms with Crippen molar-refractivity contribution in [3.05, 3.63) is 42.2 Å². The van der Waals surface area contributed by atoms with Crippen molar-refractivity contribution in [3.8, 4) is 0 Å². The largest absolute Gasteiger partial charge is 0.347 e. The Bertz CT molecular complexity index is 823. The van der Waals surface area contributed by atoms with E-state index in [9.17, 15) is 13.2 Å². The van der Waals surface area contributed by atoms with E-state index in [1.165, 1.54) is 0 Å². The molecule has 0 saturated carbocycles. The van der Waals surface area contributed by atoms with Gasteiger partial charge in [0.05, 0.1) is 30.9 Å². The zero-order chi connectivity index (χ0) is 16.6. The monoisotopic (exact) mass is 337 g/mol. The van der Waals surface area contributed by atoms with Crippen LogP contribution in [-0.4, -0.2) is 52.7 Å². The fraction of sp³-hybridized carbons (Fsp3) is 0.429. The van der Waals surface area contributed by atoms with Crippen LogP contribution in [0, 0.1) is 0 Å². The number of carbonyl (C=O) groups is 1. The molecule has 23 heavy (non-hydrogen) atoms. The van der Waals surface area contributed by atoms with Gasteiger partial charge < -0.3 is 14.0 Å². The molecule has 124 valence electrons. The summed E-state index contributed by atoms with van der Waals surface area (Å²) in [7, 11) is -1.46. The van der Waals surface area contributed by atoms with Gasteiger partial charge in [-0.25, -0.2) is 18.1 Å². The molecule has 0 spiro atoms. The Kier molecular flexibility index (Phi) is 3.99. The lowest BCUT2D eigenvalue weighted by Gasteiger charge is -2.34. The molecule has 2 aromatic heterocycles. The number of aromatic nitrogens is 3. The van der Waals surface area contributed by atoms with Crippen LogP contribution in [0.3, 0.4) is 0 Å². The molecule has 0 aliphatic carbocycles. The first-order valence-electron chi connectivity index (χ1n) is 7.21. The number of fused-ring (bicyclic) bond motifs is 1. The van der Waals surface area contributed by atoms with Crippen LogP contribution in [0.25, 0.3) is 0 Å². The number of rotatable bonds is 4. The maximum atomic E-state index is 12.7. The molecule has 9 heteroatoms. The standard InChI is InChI=1S/C14H19N5O3S/c1-17-5-3-4-13(17)14(20)18-8-11-6-15-10-19(11)12(9-18)7-16-23(2,21)22/h3-6,10,12,16H,7-9H2,1-2H3/t12-/m1/s1. The molecular formula is C14H19N5O3S. The predicted molar refractivity (Wildman–Crippen MR) is 84.3 cm³/mol. The normalized spacial score (nSPS) is 18.0. The zero-order valence-electron chi connectivity index (χ0n) is 13.0. The minimum Gasteiger partial charge on any atom is -0.347 e. The molecule has 0 radical (unpaired) electrons. The van der Waals surface area contributed by atoms with Gasteiger partial charge in [0, 0.05) is 32.5 Å². The van der Waals surface area contributed by atoms with E-state index in [0.29, 0.717) is 18.8 Å². The van der Waals surface area contributed by atoms with E-state index in [0.717, 1.165) is 11.9 Å². The SMILES string of the molecule is Cn1cccc1C(=O)N1Cc2cncn2[C@H](CNS(C)(=O)=O)C1. The van der Waals surface area contributed by atoms with Crippen molar-refractivity contribution in [1.29, 1.82) is 0 Å². The number of nitrogens with one attached hydrogen (secondary N) is 1. The van der Waals surface area contributed by atoms with Crippen LogP contribution in [0.15, 0.2) is 30.9 Å². The summed E-state index contributed by atoms with van der Waals surface area (Å²) in [6, 6.07) is 3.42. The summed E-state index contributed by atoms with van der Waals surface area (Å²) in [5.41, 5.74) is 1.49. The number of amides is 1. The Labute approximate surface area is 134 Å². The van der Waals surface area contributed by atoms with E-state index in [1.54, 1.807) is 28.1 Å². The molecule has 2 aromatic rings. The molecule has 8 nitrogen and oxygen atoms in total. The van der Waals surface area contributed by atoms with Gasteiger partial charge in [-0.15, -0.1) is 0 Å². The van der Waals surface area contributed by atoms with Crippen LogP contribution in [0.5, 0.6) is 0 Å². The maximum absolute atomic E-state index is 12.7. The van der Waals surface area contributed by atoms with Crippen molar-refractivity contribution in [1.82, 2.24) is 23.7 Å². The van der Waals surface area contributed by atoms with Gasteiger partial charge in [0.25, 0.3) is 5.91 Å². The maximum Gasteiger partial charge on any atom is 0.270 e. The Hall–Kier alpha value is -2.13. The highest BCUT2D eigenvalue weighted by atomic mass is 32.2. The van der Waals surface area contributed by atoms with Crippen LogP contribution >= 0.6 is 0 Å². The molecule has 3 heterocycles. The van der Waals surface area contributed by atoms with E-state index >= 15 is 0 Å². The van der Waals surface area contributed by atoms with Crippen LogP contribution in [0.2, 0.25) is 0 Å². The molecule has 0 saturated heterocycles. The van der Waals surface area contributed by atoms with E-state index in [2.05, 4.69) is 9.71 Å². The van der Waals surface area contributed by atoms with Crippen LogP contribution in [-0.2, 0) is 23.6 Å². The summed E-state index contributed by atoms with van der Waals surface area (Å²) in [6.07, 6.45) is 6.33. The van der Waals surface area contributed by atoms with Gasteiger partial charge in [-0.3, -0.25) is 4.79 Å².